The van der Waals surface area contributed by atoms with E-state index in [2.05, 4.69) is 5.32 Å². The predicted molar refractivity (Wildman–Crippen MR) is 82.4 cm³/mol. The second kappa shape index (κ2) is 6.99. The van der Waals surface area contributed by atoms with Gasteiger partial charge in [-0.25, -0.2) is 0 Å². The van der Waals surface area contributed by atoms with Gasteiger partial charge in [-0.05, 0) is 37.8 Å². The van der Waals surface area contributed by atoms with Crippen LogP contribution in [0, 0.1) is 0 Å². The summed E-state index contributed by atoms with van der Waals surface area (Å²) in [4.78, 5) is 26.7. The van der Waals surface area contributed by atoms with Crippen LogP contribution in [0.1, 0.15) is 61.9 Å². The number of likely N-dealkylation sites (tertiary alicyclic amines) is 1. The molecule has 2 amide bonds. The Bertz CT molecular complexity index is 504. The molecule has 5 nitrogen and oxygen atoms in total. The first-order valence-electron chi connectivity index (χ1n) is 8.40. The molecule has 1 unspecified atom stereocenters. The summed E-state index contributed by atoms with van der Waals surface area (Å²) in [7, 11) is 0. The van der Waals surface area contributed by atoms with Crippen molar-refractivity contribution in [3.63, 3.8) is 0 Å². The molecule has 0 spiro atoms. The maximum Gasteiger partial charge on any atom is 0.290 e. The number of amides is 2. The Morgan fingerprint density at radius 2 is 1.86 bits per heavy atom. The standard InChI is InChI=1S/C17H24N2O3/c20-16(18-13-7-3-1-2-4-8-13)14-9-5-11-19(14)17(21)15-10-6-12-22-15/h6,10,12-14H,1-5,7-9,11H2,(H,18,20). The van der Waals surface area contributed by atoms with Gasteiger partial charge in [0.1, 0.15) is 6.04 Å². The van der Waals surface area contributed by atoms with Crippen LogP contribution < -0.4 is 5.32 Å². The van der Waals surface area contributed by atoms with Crippen LogP contribution in [0.3, 0.4) is 0 Å². The molecular formula is C17H24N2O3. The third-order valence-electron chi connectivity index (χ3n) is 4.75. The van der Waals surface area contributed by atoms with E-state index in [0.717, 1.165) is 25.7 Å². The number of hydrogen-bond donors (Lipinski definition) is 1. The highest BCUT2D eigenvalue weighted by Crippen LogP contribution is 2.22. The number of nitrogens with one attached hydrogen (secondary N) is 1. The highest BCUT2D eigenvalue weighted by Gasteiger charge is 2.36. The van der Waals surface area contributed by atoms with Crippen molar-refractivity contribution in [1.82, 2.24) is 10.2 Å². The van der Waals surface area contributed by atoms with E-state index in [-0.39, 0.29) is 23.9 Å². The molecule has 5 heteroatoms. The Morgan fingerprint density at radius 3 is 2.55 bits per heavy atom. The third-order valence-corrected chi connectivity index (χ3v) is 4.75. The van der Waals surface area contributed by atoms with Crippen LogP contribution in [-0.4, -0.2) is 35.3 Å². The van der Waals surface area contributed by atoms with Gasteiger partial charge in [0, 0.05) is 12.6 Å². The van der Waals surface area contributed by atoms with E-state index >= 15 is 0 Å². The molecular weight excluding hydrogens is 280 g/mol. The predicted octanol–water partition coefficient (Wildman–Crippen LogP) is 2.72. The molecule has 0 aromatic carbocycles. The molecule has 1 aliphatic carbocycles. The molecule has 120 valence electrons. The monoisotopic (exact) mass is 304 g/mol. The Hall–Kier alpha value is -1.78. The lowest BCUT2D eigenvalue weighted by atomic mass is 10.1. The topological polar surface area (TPSA) is 62.6 Å². The quantitative estimate of drug-likeness (QED) is 0.873. The SMILES string of the molecule is O=C(NC1CCCCCC1)C1CCCN1C(=O)c1ccco1. The van der Waals surface area contributed by atoms with Gasteiger partial charge in [0.15, 0.2) is 5.76 Å². The summed E-state index contributed by atoms with van der Waals surface area (Å²) in [6.45, 7) is 0.627. The van der Waals surface area contributed by atoms with E-state index in [1.807, 2.05) is 0 Å². The molecule has 1 aromatic heterocycles. The van der Waals surface area contributed by atoms with Gasteiger partial charge in [0.05, 0.1) is 6.26 Å². The molecule has 1 saturated carbocycles. The Labute approximate surface area is 131 Å². The number of nitrogens with zero attached hydrogens (tertiary/aromatic N) is 1. The van der Waals surface area contributed by atoms with Crippen LogP contribution in [0.15, 0.2) is 22.8 Å². The molecule has 0 radical (unpaired) electrons. The first-order valence-corrected chi connectivity index (χ1v) is 8.40. The highest BCUT2D eigenvalue weighted by atomic mass is 16.3. The molecule has 2 aliphatic rings. The average molecular weight is 304 g/mol. The van der Waals surface area contributed by atoms with E-state index in [9.17, 15) is 9.59 Å². The average Bonchev–Trinajstić information content (AvgIpc) is 3.16. The zero-order chi connectivity index (χ0) is 15.4. The van der Waals surface area contributed by atoms with Gasteiger partial charge >= 0.3 is 0 Å². The summed E-state index contributed by atoms with van der Waals surface area (Å²) in [5, 5.41) is 3.17. The van der Waals surface area contributed by atoms with E-state index < -0.39 is 0 Å². The lowest BCUT2D eigenvalue weighted by Crippen LogP contribution is -2.48. The molecule has 1 aromatic rings. The Kier molecular flexibility index (Phi) is 4.80. The van der Waals surface area contributed by atoms with Gasteiger partial charge in [0.2, 0.25) is 5.91 Å². The maximum absolute atomic E-state index is 12.6. The molecule has 3 rings (SSSR count). The van der Waals surface area contributed by atoms with Crippen LogP contribution in [-0.2, 0) is 4.79 Å². The number of rotatable bonds is 3. The maximum atomic E-state index is 12.6. The lowest BCUT2D eigenvalue weighted by Gasteiger charge is -2.25. The number of carbonyl (C=O) groups excluding carboxylic acids is 2. The Morgan fingerprint density at radius 1 is 1.09 bits per heavy atom. The molecule has 1 atom stereocenters. The lowest BCUT2D eigenvalue weighted by molar-refractivity contribution is -0.125. The van der Waals surface area contributed by atoms with Gasteiger partial charge in [0.25, 0.3) is 5.91 Å². The van der Waals surface area contributed by atoms with E-state index in [4.69, 9.17) is 4.42 Å². The highest BCUT2D eigenvalue weighted by molar-refractivity contribution is 5.96. The summed E-state index contributed by atoms with van der Waals surface area (Å²) in [5.41, 5.74) is 0. The van der Waals surface area contributed by atoms with Crippen LogP contribution in [0.4, 0.5) is 0 Å². The van der Waals surface area contributed by atoms with Crippen LogP contribution in [0.2, 0.25) is 0 Å². The van der Waals surface area contributed by atoms with Crippen molar-refractivity contribution in [2.45, 2.75) is 63.5 Å². The summed E-state index contributed by atoms with van der Waals surface area (Å²) < 4.78 is 5.18. The van der Waals surface area contributed by atoms with Crippen molar-refractivity contribution >= 4 is 11.8 Å². The number of carbonyl (C=O) groups is 2. The van der Waals surface area contributed by atoms with Gasteiger partial charge in [-0.1, -0.05) is 25.7 Å². The van der Waals surface area contributed by atoms with Crippen molar-refractivity contribution in [3.05, 3.63) is 24.2 Å². The summed E-state index contributed by atoms with van der Waals surface area (Å²) in [6, 6.07) is 3.28. The van der Waals surface area contributed by atoms with E-state index in [1.165, 1.54) is 31.9 Å². The summed E-state index contributed by atoms with van der Waals surface area (Å²) >= 11 is 0. The van der Waals surface area contributed by atoms with Crippen LogP contribution in [0.25, 0.3) is 0 Å². The summed E-state index contributed by atoms with van der Waals surface area (Å²) in [6.07, 6.45) is 10.1. The van der Waals surface area contributed by atoms with E-state index in [1.54, 1.807) is 17.0 Å². The minimum atomic E-state index is -0.346. The molecule has 1 saturated heterocycles. The second-order valence-corrected chi connectivity index (χ2v) is 6.33. The zero-order valence-electron chi connectivity index (χ0n) is 12.9. The molecule has 22 heavy (non-hydrogen) atoms. The molecule has 1 N–H and O–H groups in total. The van der Waals surface area contributed by atoms with Crippen molar-refractivity contribution < 1.29 is 14.0 Å². The van der Waals surface area contributed by atoms with Crippen molar-refractivity contribution in [2.24, 2.45) is 0 Å². The molecule has 2 heterocycles. The fourth-order valence-corrected chi connectivity index (χ4v) is 3.55. The van der Waals surface area contributed by atoms with E-state index in [0.29, 0.717) is 12.3 Å². The van der Waals surface area contributed by atoms with Gasteiger partial charge in [-0.3, -0.25) is 9.59 Å². The van der Waals surface area contributed by atoms with Crippen molar-refractivity contribution in [1.29, 1.82) is 0 Å². The fraction of sp³-hybridized carbons (Fsp3) is 0.647. The van der Waals surface area contributed by atoms with Gasteiger partial charge < -0.3 is 14.6 Å². The third kappa shape index (κ3) is 3.34. The normalized spacial score (nSPS) is 23.3. The molecule has 2 fully saturated rings. The van der Waals surface area contributed by atoms with Crippen molar-refractivity contribution in [2.75, 3.05) is 6.54 Å². The summed E-state index contributed by atoms with van der Waals surface area (Å²) in [5.74, 6) is 0.141. The first kappa shape index (κ1) is 15.1. The number of hydrogen-bond acceptors (Lipinski definition) is 3. The largest absolute Gasteiger partial charge is 0.459 e. The smallest absolute Gasteiger partial charge is 0.290 e. The second-order valence-electron chi connectivity index (χ2n) is 6.33. The number of furan rings is 1. The molecule has 0 bridgehead atoms. The first-order chi connectivity index (χ1) is 10.8. The van der Waals surface area contributed by atoms with Crippen LogP contribution >= 0.6 is 0 Å². The van der Waals surface area contributed by atoms with Crippen molar-refractivity contribution in [3.8, 4) is 0 Å². The van der Waals surface area contributed by atoms with Gasteiger partial charge in [-0.2, -0.15) is 0 Å². The zero-order valence-corrected chi connectivity index (χ0v) is 12.9. The minimum Gasteiger partial charge on any atom is -0.459 e. The molecule has 1 aliphatic heterocycles. The van der Waals surface area contributed by atoms with Crippen LogP contribution in [0.5, 0.6) is 0 Å². The fourth-order valence-electron chi connectivity index (χ4n) is 3.55. The van der Waals surface area contributed by atoms with Gasteiger partial charge in [-0.15, -0.1) is 0 Å². The minimum absolute atomic E-state index is 0.00399. The Balaban J connectivity index is 1.62.